The molecule has 0 unspecified atom stereocenters. The van der Waals surface area contributed by atoms with Crippen LogP contribution in [0.15, 0.2) is 59.0 Å². The predicted octanol–water partition coefficient (Wildman–Crippen LogP) is 2.43. The smallest absolute Gasteiger partial charge is 0.284 e. The highest BCUT2D eigenvalue weighted by atomic mass is 32.2. The molecule has 0 radical (unpaired) electrons. The maximum Gasteiger partial charge on any atom is 0.284 e. The molecular formula is C21H20N5O2S+. The number of benzene rings is 2. The van der Waals surface area contributed by atoms with Gasteiger partial charge in [0.2, 0.25) is 0 Å². The summed E-state index contributed by atoms with van der Waals surface area (Å²) in [7, 11) is 0. The third-order valence-corrected chi connectivity index (χ3v) is 5.85. The lowest BCUT2D eigenvalue weighted by molar-refractivity contribution is -0.917. The Kier molecular flexibility index (Phi) is 6.99. The Hall–Kier alpha value is -3.17. The molecule has 1 saturated heterocycles. The van der Waals surface area contributed by atoms with E-state index in [1.807, 2.05) is 6.07 Å². The molecule has 1 aliphatic heterocycles. The van der Waals surface area contributed by atoms with Crippen molar-refractivity contribution >= 4 is 23.7 Å². The van der Waals surface area contributed by atoms with E-state index in [2.05, 4.69) is 28.6 Å². The van der Waals surface area contributed by atoms with Gasteiger partial charge in [0, 0.05) is 11.6 Å². The molecule has 0 aromatic heterocycles. The summed E-state index contributed by atoms with van der Waals surface area (Å²) < 4.78 is 2.16. The summed E-state index contributed by atoms with van der Waals surface area (Å²) in [6.45, 7) is 4.63. The molecule has 7 nitrogen and oxygen atoms in total. The summed E-state index contributed by atoms with van der Waals surface area (Å²) in [5, 5.41) is 29.2. The van der Waals surface area contributed by atoms with E-state index in [0.29, 0.717) is 10.5 Å². The Balaban J connectivity index is 1.65. The molecule has 0 saturated carbocycles. The van der Waals surface area contributed by atoms with Gasteiger partial charge in [-0.1, -0.05) is 36.4 Å². The molecule has 2 aromatic rings. The third-order valence-electron chi connectivity index (χ3n) is 4.69. The van der Waals surface area contributed by atoms with Gasteiger partial charge in [0.05, 0.1) is 31.1 Å². The first-order valence-corrected chi connectivity index (χ1v) is 9.97. The molecule has 0 amide bonds. The summed E-state index contributed by atoms with van der Waals surface area (Å²) in [5.41, 5.74) is 1.68. The number of nitro benzene ring substituents is 1. The zero-order valence-corrected chi connectivity index (χ0v) is 16.6. The number of hydrogen-bond donors (Lipinski definition) is 1. The Morgan fingerprint density at radius 2 is 1.86 bits per heavy atom. The monoisotopic (exact) mass is 406 g/mol. The van der Waals surface area contributed by atoms with E-state index < -0.39 is 4.92 Å². The van der Waals surface area contributed by atoms with Gasteiger partial charge in [-0.05, 0) is 29.7 Å². The van der Waals surface area contributed by atoms with E-state index in [-0.39, 0.29) is 11.3 Å². The van der Waals surface area contributed by atoms with Crippen molar-refractivity contribution in [3.63, 3.8) is 0 Å². The summed E-state index contributed by atoms with van der Waals surface area (Å²) in [5.74, 6) is 0. The standard InChI is InChI=1S/C21H19N5O2S/c22-14-19(15-23)12-18-6-7-21(20(13-18)26(27)28)29-25-10-8-24(9-11-25)16-17-4-2-1-3-5-17/h1-7,12-13H,8-11,16H2/p+1. The fraction of sp³-hybridized carbons (Fsp3) is 0.238. The second-order valence-corrected chi connectivity index (χ2v) is 7.84. The third kappa shape index (κ3) is 5.66. The molecule has 146 valence electrons. The lowest BCUT2D eigenvalue weighted by Gasteiger charge is -2.31. The predicted molar refractivity (Wildman–Crippen MR) is 111 cm³/mol. The zero-order valence-electron chi connectivity index (χ0n) is 15.7. The largest absolute Gasteiger partial charge is 0.329 e. The molecule has 0 atom stereocenters. The van der Waals surface area contributed by atoms with Crippen LogP contribution in [0.2, 0.25) is 0 Å². The van der Waals surface area contributed by atoms with E-state index >= 15 is 0 Å². The van der Waals surface area contributed by atoms with Gasteiger partial charge in [-0.15, -0.1) is 0 Å². The highest BCUT2D eigenvalue weighted by Crippen LogP contribution is 2.32. The molecule has 3 rings (SSSR count). The fourth-order valence-electron chi connectivity index (χ4n) is 3.19. The molecule has 29 heavy (non-hydrogen) atoms. The van der Waals surface area contributed by atoms with E-state index in [0.717, 1.165) is 32.7 Å². The average molecular weight is 406 g/mol. The van der Waals surface area contributed by atoms with Gasteiger partial charge in [-0.2, -0.15) is 10.5 Å². The zero-order chi connectivity index (χ0) is 20.6. The molecule has 1 aliphatic rings. The first-order chi connectivity index (χ1) is 14.1. The molecule has 1 heterocycles. The minimum atomic E-state index is -0.422. The average Bonchev–Trinajstić information content (AvgIpc) is 2.75. The molecule has 2 aromatic carbocycles. The molecule has 0 spiro atoms. The van der Waals surface area contributed by atoms with Crippen LogP contribution >= 0.6 is 11.9 Å². The van der Waals surface area contributed by atoms with Gasteiger partial charge in [0.25, 0.3) is 5.69 Å². The lowest BCUT2D eigenvalue weighted by atomic mass is 10.1. The Morgan fingerprint density at radius 1 is 1.17 bits per heavy atom. The summed E-state index contributed by atoms with van der Waals surface area (Å²) in [6, 6.07) is 18.7. The van der Waals surface area contributed by atoms with Crippen LogP contribution in [-0.2, 0) is 6.54 Å². The summed E-state index contributed by atoms with van der Waals surface area (Å²) >= 11 is 1.39. The maximum atomic E-state index is 11.5. The van der Waals surface area contributed by atoms with Crippen LogP contribution in [0.3, 0.4) is 0 Å². The van der Waals surface area contributed by atoms with Crippen LogP contribution in [-0.4, -0.2) is 35.4 Å². The number of nitriles is 2. The second kappa shape index (κ2) is 9.85. The van der Waals surface area contributed by atoms with E-state index in [4.69, 9.17) is 10.5 Å². The summed E-state index contributed by atoms with van der Waals surface area (Å²) in [6.07, 6.45) is 1.35. The Morgan fingerprint density at radius 3 is 2.48 bits per heavy atom. The number of nitrogens with one attached hydrogen (secondary N) is 1. The van der Waals surface area contributed by atoms with Crippen molar-refractivity contribution in [1.82, 2.24) is 4.31 Å². The van der Waals surface area contributed by atoms with Crippen molar-refractivity contribution in [2.24, 2.45) is 0 Å². The van der Waals surface area contributed by atoms with Crippen LogP contribution < -0.4 is 4.90 Å². The first-order valence-electron chi connectivity index (χ1n) is 9.20. The van der Waals surface area contributed by atoms with Gasteiger partial charge >= 0.3 is 0 Å². The van der Waals surface area contributed by atoms with Crippen LogP contribution in [0, 0.1) is 32.8 Å². The normalized spacial score (nSPS) is 14.6. The Bertz CT molecular complexity index is 970. The molecule has 0 aliphatic carbocycles. The van der Waals surface area contributed by atoms with E-state index in [1.54, 1.807) is 24.3 Å². The van der Waals surface area contributed by atoms with Gasteiger partial charge in [-0.25, -0.2) is 4.31 Å². The molecule has 8 heteroatoms. The van der Waals surface area contributed by atoms with Gasteiger partial charge < -0.3 is 4.90 Å². The minimum Gasteiger partial charge on any atom is -0.329 e. The van der Waals surface area contributed by atoms with Crippen LogP contribution in [0.1, 0.15) is 11.1 Å². The number of allylic oxidation sites excluding steroid dienone is 1. The van der Waals surface area contributed by atoms with Crippen molar-refractivity contribution in [1.29, 1.82) is 10.5 Å². The molecule has 1 fully saturated rings. The Labute approximate surface area is 173 Å². The topological polar surface area (TPSA) is 98.4 Å². The van der Waals surface area contributed by atoms with Gasteiger partial charge in [0.15, 0.2) is 0 Å². The number of nitro groups is 1. The van der Waals surface area contributed by atoms with Crippen LogP contribution in [0.5, 0.6) is 0 Å². The molecule has 0 bridgehead atoms. The van der Waals surface area contributed by atoms with Crippen molar-refractivity contribution in [3.8, 4) is 12.1 Å². The molecule has 1 N–H and O–H groups in total. The van der Waals surface area contributed by atoms with Crippen molar-refractivity contribution in [2.75, 3.05) is 26.2 Å². The second-order valence-electron chi connectivity index (χ2n) is 6.70. The number of rotatable bonds is 6. The quantitative estimate of drug-likeness (QED) is 0.342. The van der Waals surface area contributed by atoms with Crippen molar-refractivity contribution in [3.05, 3.63) is 75.3 Å². The fourth-order valence-corrected chi connectivity index (χ4v) is 4.19. The lowest BCUT2D eigenvalue weighted by Crippen LogP contribution is -3.13. The molecular weight excluding hydrogens is 386 g/mol. The van der Waals surface area contributed by atoms with E-state index in [1.165, 1.54) is 34.6 Å². The van der Waals surface area contributed by atoms with Crippen LogP contribution in [0.25, 0.3) is 6.08 Å². The number of nitrogens with zero attached hydrogens (tertiary/aromatic N) is 4. The van der Waals surface area contributed by atoms with Crippen molar-refractivity contribution < 1.29 is 9.82 Å². The number of hydrogen-bond acceptors (Lipinski definition) is 6. The minimum absolute atomic E-state index is 0.0157. The SMILES string of the molecule is N#CC(C#N)=Cc1ccc(SN2CC[NH+](Cc3ccccc3)CC2)c([N+](=O)[O-])c1. The van der Waals surface area contributed by atoms with Gasteiger partial charge in [-0.3, -0.25) is 10.1 Å². The highest BCUT2D eigenvalue weighted by molar-refractivity contribution is 7.97. The summed E-state index contributed by atoms with van der Waals surface area (Å²) in [4.78, 5) is 13.2. The number of piperazine rings is 1. The van der Waals surface area contributed by atoms with Crippen LogP contribution in [0.4, 0.5) is 5.69 Å². The van der Waals surface area contributed by atoms with Gasteiger partial charge in [0.1, 0.15) is 29.2 Å². The first kappa shape index (κ1) is 20.6. The number of quaternary nitrogens is 1. The highest BCUT2D eigenvalue weighted by Gasteiger charge is 2.24. The van der Waals surface area contributed by atoms with E-state index in [9.17, 15) is 10.1 Å². The van der Waals surface area contributed by atoms with Crippen molar-refractivity contribution in [2.45, 2.75) is 11.4 Å². The maximum absolute atomic E-state index is 11.5.